The van der Waals surface area contributed by atoms with Gasteiger partial charge in [-0.2, -0.15) is 0 Å². The van der Waals surface area contributed by atoms with Crippen LogP contribution < -0.4 is 10.2 Å². The first-order valence-electron chi connectivity index (χ1n) is 10.9. The minimum Gasteiger partial charge on any atom is -0.459 e. The van der Waals surface area contributed by atoms with E-state index in [0.29, 0.717) is 5.69 Å². The molecule has 0 spiro atoms. The summed E-state index contributed by atoms with van der Waals surface area (Å²) in [6, 6.07) is 13.7. The minimum atomic E-state index is -1.18. The molecule has 0 saturated heterocycles. The molecule has 4 rings (SSSR count). The van der Waals surface area contributed by atoms with Crippen molar-refractivity contribution in [3.63, 3.8) is 0 Å². The highest BCUT2D eigenvalue weighted by atomic mass is 19.1. The molecular formula is C26H27FN2O3. The summed E-state index contributed by atoms with van der Waals surface area (Å²) in [5.74, 6) is -1.36. The van der Waals surface area contributed by atoms with E-state index in [1.807, 2.05) is 26.0 Å². The molecule has 0 bridgehead atoms. The lowest BCUT2D eigenvalue weighted by Crippen LogP contribution is -2.47. The number of benzene rings is 2. The van der Waals surface area contributed by atoms with E-state index in [2.05, 4.69) is 5.32 Å². The third kappa shape index (κ3) is 4.44. The molecule has 1 unspecified atom stereocenters. The zero-order valence-corrected chi connectivity index (χ0v) is 18.3. The summed E-state index contributed by atoms with van der Waals surface area (Å²) in [5, 5.41) is 3.06. The Morgan fingerprint density at radius 2 is 1.81 bits per heavy atom. The number of anilines is 1. The molecule has 1 fully saturated rings. The molecule has 0 radical (unpaired) electrons. The van der Waals surface area contributed by atoms with Crippen LogP contribution in [0.5, 0.6) is 0 Å². The zero-order valence-electron chi connectivity index (χ0n) is 18.3. The molecule has 1 aromatic heterocycles. The fourth-order valence-electron chi connectivity index (χ4n) is 4.41. The number of aryl methyl sites for hydroxylation is 2. The molecule has 2 aromatic carbocycles. The van der Waals surface area contributed by atoms with Crippen molar-refractivity contribution in [1.29, 1.82) is 0 Å². The van der Waals surface area contributed by atoms with Crippen LogP contribution in [0.4, 0.5) is 10.1 Å². The average molecular weight is 435 g/mol. The summed E-state index contributed by atoms with van der Waals surface area (Å²) in [5.41, 5.74) is 2.50. The van der Waals surface area contributed by atoms with Crippen LogP contribution in [0.2, 0.25) is 0 Å². The lowest BCUT2D eigenvalue weighted by Gasteiger charge is -2.33. The first-order chi connectivity index (χ1) is 15.5. The van der Waals surface area contributed by atoms with E-state index in [0.717, 1.165) is 36.8 Å². The Labute approximate surface area is 187 Å². The maximum atomic E-state index is 15.0. The SMILES string of the molecule is Cc1ccc(N(C(=O)c2ccco2)C(C(=O)NC2CCCC2)c2ccccc2F)c(C)c1. The van der Waals surface area contributed by atoms with Gasteiger partial charge in [-0.15, -0.1) is 0 Å². The van der Waals surface area contributed by atoms with Gasteiger partial charge in [-0.3, -0.25) is 14.5 Å². The lowest BCUT2D eigenvalue weighted by molar-refractivity contribution is -0.123. The molecule has 1 aliphatic carbocycles. The number of hydrogen-bond donors (Lipinski definition) is 1. The van der Waals surface area contributed by atoms with Crippen molar-refractivity contribution < 1.29 is 18.4 Å². The highest BCUT2D eigenvalue weighted by Gasteiger charge is 2.37. The summed E-state index contributed by atoms with van der Waals surface area (Å²) in [6.07, 6.45) is 5.25. The molecule has 166 valence electrons. The van der Waals surface area contributed by atoms with Crippen LogP contribution in [0.15, 0.2) is 65.3 Å². The monoisotopic (exact) mass is 434 g/mol. The van der Waals surface area contributed by atoms with Crippen molar-refractivity contribution in [3.05, 3.63) is 89.1 Å². The van der Waals surface area contributed by atoms with Gasteiger partial charge in [0.25, 0.3) is 5.91 Å². The number of furan rings is 1. The van der Waals surface area contributed by atoms with E-state index in [-0.39, 0.29) is 17.4 Å². The van der Waals surface area contributed by atoms with Gasteiger partial charge in [0.2, 0.25) is 5.91 Å². The van der Waals surface area contributed by atoms with Gasteiger partial charge in [-0.1, -0.05) is 48.7 Å². The second-order valence-corrected chi connectivity index (χ2v) is 8.36. The Bertz CT molecular complexity index is 1100. The molecule has 1 heterocycles. The van der Waals surface area contributed by atoms with Gasteiger partial charge >= 0.3 is 0 Å². The third-order valence-electron chi connectivity index (χ3n) is 5.97. The van der Waals surface area contributed by atoms with Crippen molar-refractivity contribution in [2.24, 2.45) is 0 Å². The summed E-state index contributed by atoms with van der Waals surface area (Å²) in [4.78, 5) is 28.6. The van der Waals surface area contributed by atoms with E-state index in [9.17, 15) is 9.59 Å². The fourth-order valence-corrected chi connectivity index (χ4v) is 4.41. The van der Waals surface area contributed by atoms with Gasteiger partial charge in [0.15, 0.2) is 5.76 Å². The summed E-state index contributed by atoms with van der Waals surface area (Å²) in [6.45, 7) is 3.83. The van der Waals surface area contributed by atoms with Crippen LogP contribution in [0.1, 0.15) is 59.0 Å². The van der Waals surface area contributed by atoms with E-state index in [1.54, 1.807) is 36.4 Å². The third-order valence-corrected chi connectivity index (χ3v) is 5.97. The highest BCUT2D eigenvalue weighted by molar-refractivity contribution is 6.09. The molecule has 2 amide bonds. The van der Waals surface area contributed by atoms with E-state index >= 15 is 4.39 Å². The molecule has 32 heavy (non-hydrogen) atoms. The van der Waals surface area contributed by atoms with Crippen molar-refractivity contribution in [2.75, 3.05) is 4.90 Å². The maximum Gasteiger partial charge on any atom is 0.294 e. The van der Waals surface area contributed by atoms with E-state index < -0.39 is 23.7 Å². The van der Waals surface area contributed by atoms with Crippen LogP contribution in [-0.4, -0.2) is 17.9 Å². The quantitative estimate of drug-likeness (QED) is 0.559. The number of rotatable bonds is 6. The number of amides is 2. The number of hydrogen-bond acceptors (Lipinski definition) is 3. The van der Waals surface area contributed by atoms with Gasteiger partial charge in [-0.25, -0.2) is 4.39 Å². The predicted octanol–water partition coefficient (Wildman–Crippen LogP) is 5.48. The predicted molar refractivity (Wildman–Crippen MR) is 121 cm³/mol. The van der Waals surface area contributed by atoms with E-state index in [4.69, 9.17) is 4.42 Å². The molecule has 3 aromatic rings. The first kappa shape index (κ1) is 21.8. The number of halogens is 1. The van der Waals surface area contributed by atoms with Crippen LogP contribution in [0.3, 0.4) is 0 Å². The Balaban J connectivity index is 1.86. The Morgan fingerprint density at radius 3 is 2.47 bits per heavy atom. The fraction of sp³-hybridized carbons (Fsp3) is 0.308. The standard InChI is InChI=1S/C26H27FN2O3/c1-17-13-14-22(18(2)16-17)29(26(31)23-12-7-15-32-23)24(20-10-5-6-11-21(20)27)25(30)28-19-8-3-4-9-19/h5-7,10-16,19,24H,3-4,8-9H2,1-2H3,(H,28,30). The van der Waals surface area contributed by atoms with Gasteiger partial charge in [0, 0.05) is 17.3 Å². The van der Waals surface area contributed by atoms with Crippen molar-refractivity contribution in [2.45, 2.75) is 51.6 Å². The van der Waals surface area contributed by atoms with Crippen LogP contribution in [0.25, 0.3) is 0 Å². The Morgan fingerprint density at radius 1 is 1.06 bits per heavy atom. The molecular weight excluding hydrogens is 407 g/mol. The first-order valence-corrected chi connectivity index (χ1v) is 10.9. The van der Waals surface area contributed by atoms with E-state index in [1.165, 1.54) is 17.2 Å². The van der Waals surface area contributed by atoms with Crippen molar-refractivity contribution in [1.82, 2.24) is 5.32 Å². The molecule has 1 saturated carbocycles. The molecule has 1 N–H and O–H groups in total. The zero-order chi connectivity index (χ0) is 22.7. The van der Waals surface area contributed by atoms with Crippen molar-refractivity contribution in [3.8, 4) is 0 Å². The second kappa shape index (κ2) is 9.39. The number of nitrogens with one attached hydrogen (secondary N) is 1. The minimum absolute atomic E-state index is 0.0245. The molecule has 5 nitrogen and oxygen atoms in total. The molecule has 1 aliphatic rings. The Hall–Kier alpha value is -3.41. The van der Waals surface area contributed by atoms with Gasteiger partial charge in [0.1, 0.15) is 11.9 Å². The van der Waals surface area contributed by atoms with Crippen molar-refractivity contribution >= 4 is 17.5 Å². The normalized spacial score (nSPS) is 14.8. The lowest BCUT2D eigenvalue weighted by atomic mass is 9.99. The number of nitrogens with zero attached hydrogens (tertiary/aromatic N) is 1. The van der Waals surface area contributed by atoms with Crippen LogP contribution in [0, 0.1) is 19.7 Å². The maximum absolute atomic E-state index is 15.0. The Kier molecular flexibility index (Phi) is 6.40. The smallest absolute Gasteiger partial charge is 0.294 e. The summed E-state index contributed by atoms with van der Waals surface area (Å²) >= 11 is 0. The van der Waals surface area contributed by atoms with Gasteiger partial charge in [-0.05, 0) is 56.5 Å². The highest BCUT2D eigenvalue weighted by Crippen LogP contribution is 2.34. The molecule has 0 aliphatic heterocycles. The van der Waals surface area contributed by atoms with Gasteiger partial charge in [0.05, 0.1) is 6.26 Å². The topological polar surface area (TPSA) is 62.6 Å². The van der Waals surface area contributed by atoms with Crippen LogP contribution in [-0.2, 0) is 4.79 Å². The average Bonchev–Trinajstić information content (AvgIpc) is 3.47. The number of carbonyl (C=O) groups is 2. The molecule has 6 heteroatoms. The van der Waals surface area contributed by atoms with Crippen LogP contribution >= 0.6 is 0 Å². The second-order valence-electron chi connectivity index (χ2n) is 8.36. The molecule has 1 atom stereocenters. The summed E-state index contributed by atoms with van der Waals surface area (Å²) in [7, 11) is 0. The summed E-state index contributed by atoms with van der Waals surface area (Å²) < 4.78 is 20.4. The number of carbonyl (C=O) groups excluding carboxylic acids is 2. The largest absolute Gasteiger partial charge is 0.459 e. The van der Waals surface area contributed by atoms with Gasteiger partial charge < -0.3 is 9.73 Å².